The first kappa shape index (κ1) is 21.2. The molecule has 0 radical (unpaired) electrons. The predicted molar refractivity (Wildman–Crippen MR) is 124 cm³/mol. The van der Waals surface area contributed by atoms with Crippen molar-refractivity contribution in [1.82, 2.24) is 9.88 Å². The van der Waals surface area contributed by atoms with Crippen LogP contribution in [0.5, 0.6) is 11.5 Å². The Balaban J connectivity index is 1.59. The largest absolute Gasteiger partial charge is 0.493 e. The van der Waals surface area contributed by atoms with E-state index < -0.39 is 0 Å². The lowest BCUT2D eigenvalue weighted by Gasteiger charge is -2.22. The number of anilines is 1. The Morgan fingerprint density at radius 1 is 1.07 bits per heavy atom. The SMILES string of the molecule is CCC(CC)Nc1c2c(nc3cc(OCCCN4CCCC4)c(OC)cc13)CCC2. The van der Waals surface area contributed by atoms with Gasteiger partial charge in [-0.1, -0.05) is 13.8 Å². The molecular weight excluding hydrogens is 374 g/mol. The summed E-state index contributed by atoms with van der Waals surface area (Å²) in [5.41, 5.74) is 4.93. The maximum Gasteiger partial charge on any atom is 0.163 e. The Morgan fingerprint density at radius 3 is 2.60 bits per heavy atom. The molecule has 2 aromatic rings. The van der Waals surface area contributed by atoms with Crippen molar-refractivity contribution < 1.29 is 9.47 Å². The number of pyridine rings is 1. The Bertz CT molecular complexity index is 857. The minimum Gasteiger partial charge on any atom is -0.493 e. The van der Waals surface area contributed by atoms with Gasteiger partial charge in [0, 0.05) is 35.4 Å². The average Bonchev–Trinajstić information content (AvgIpc) is 3.45. The minimum absolute atomic E-state index is 0.479. The number of hydrogen-bond acceptors (Lipinski definition) is 5. The van der Waals surface area contributed by atoms with Crippen molar-refractivity contribution in [3.63, 3.8) is 0 Å². The highest BCUT2D eigenvalue weighted by atomic mass is 16.5. The first-order valence-electron chi connectivity index (χ1n) is 11.9. The van der Waals surface area contributed by atoms with Gasteiger partial charge in [-0.15, -0.1) is 0 Å². The molecule has 1 saturated heterocycles. The number of aryl methyl sites for hydroxylation is 1. The second-order valence-electron chi connectivity index (χ2n) is 8.69. The number of methoxy groups -OCH3 is 1. The number of likely N-dealkylation sites (tertiary alicyclic amines) is 1. The van der Waals surface area contributed by atoms with Gasteiger partial charge in [-0.25, -0.2) is 0 Å². The van der Waals surface area contributed by atoms with Gasteiger partial charge in [0.2, 0.25) is 0 Å². The fourth-order valence-corrected chi connectivity index (χ4v) is 4.88. The van der Waals surface area contributed by atoms with Crippen LogP contribution in [0.2, 0.25) is 0 Å². The standard InChI is InChI=1S/C25H37N3O2/c1-4-18(5-2)26-25-19-10-8-11-21(19)27-22-17-24(23(29-3)16-20(22)25)30-15-9-14-28-12-6-7-13-28/h16-18H,4-15H2,1-3H3,(H,26,27). The zero-order chi connectivity index (χ0) is 20.9. The van der Waals surface area contributed by atoms with Crippen molar-refractivity contribution in [2.45, 2.75) is 71.3 Å². The Morgan fingerprint density at radius 2 is 1.87 bits per heavy atom. The summed E-state index contributed by atoms with van der Waals surface area (Å²) < 4.78 is 11.9. The number of fused-ring (bicyclic) bond motifs is 2. The van der Waals surface area contributed by atoms with E-state index in [2.05, 4.69) is 36.2 Å². The molecule has 0 unspecified atom stereocenters. The first-order chi connectivity index (χ1) is 14.7. The number of ether oxygens (including phenoxy) is 2. The van der Waals surface area contributed by atoms with E-state index in [1.165, 1.54) is 49.3 Å². The van der Waals surface area contributed by atoms with Crippen LogP contribution >= 0.6 is 0 Å². The molecular formula is C25H37N3O2. The molecule has 2 heterocycles. The minimum atomic E-state index is 0.479. The fraction of sp³-hybridized carbons (Fsp3) is 0.640. The van der Waals surface area contributed by atoms with E-state index in [0.29, 0.717) is 12.6 Å². The van der Waals surface area contributed by atoms with E-state index in [-0.39, 0.29) is 0 Å². The van der Waals surface area contributed by atoms with Crippen molar-refractivity contribution in [3.8, 4) is 11.5 Å². The number of nitrogens with zero attached hydrogens (tertiary/aromatic N) is 2. The quantitative estimate of drug-likeness (QED) is 0.545. The van der Waals surface area contributed by atoms with Gasteiger partial charge in [-0.2, -0.15) is 0 Å². The van der Waals surface area contributed by atoms with E-state index >= 15 is 0 Å². The predicted octanol–water partition coefficient (Wildman–Crippen LogP) is 5.20. The monoisotopic (exact) mass is 411 g/mol. The number of nitrogens with one attached hydrogen (secondary N) is 1. The van der Waals surface area contributed by atoms with Crippen molar-refractivity contribution in [2.75, 3.05) is 38.7 Å². The number of hydrogen-bond donors (Lipinski definition) is 1. The lowest BCUT2D eigenvalue weighted by molar-refractivity contribution is 0.254. The van der Waals surface area contributed by atoms with Crippen LogP contribution in [0.15, 0.2) is 12.1 Å². The number of rotatable bonds is 10. The molecule has 5 nitrogen and oxygen atoms in total. The Hall–Kier alpha value is -2.01. The van der Waals surface area contributed by atoms with Gasteiger partial charge in [0.1, 0.15) is 0 Å². The molecule has 0 atom stereocenters. The smallest absolute Gasteiger partial charge is 0.163 e. The molecule has 164 valence electrons. The van der Waals surface area contributed by atoms with Crippen LogP contribution in [0.1, 0.15) is 63.6 Å². The zero-order valence-electron chi connectivity index (χ0n) is 18.9. The van der Waals surface area contributed by atoms with Crippen molar-refractivity contribution in [1.29, 1.82) is 0 Å². The van der Waals surface area contributed by atoms with Crippen LogP contribution in [-0.2, 0) is 12.8 Å². The summed E-state index contributed by atoms with van der Waals surface area (Å²) in [4.78, 5) is 7.55. The molecule has 0 amide bonds. The summed E-state index contributed by atoms with van der Waals surface area (Å²) in [6.45, 7) is 8.80. The number of benzene rings is 1. The van der Waals surface area contributed by atoms with Crippen LogP contribution < -0.4 is 14.8 Å². The summed E-state index contributed by atoms with van der Waals surface area (Å²) in [6, 6.07) is 4.69. The topological polar surface area (TPSA) is 46.6 Å². The molecule has 30 heavy (non-hydrogen) atoms. The molecule has 1 aliphatic heterocycles. The van der Waals surface area contributed by atoms with Crippen LogP contribution in [-0.4, -0.2) is 49.3 Å². The summed E-state index contributed by atoms with van der Waals surface area (Å²) >= 11 is 0. The second-order valence-corrected chi connectivity index (χ2v) is 8.69. The molecule has 5 heteroatoms. The Kier molecular flexibility index (Phi) is 6.98. The van der Waals surface area contributed by atoms with Crippen molar-refractivity contribution >= 4 is 16.6 Å². The lowest BCUT2D eigenvalue weighted by atomic mass is 10.0. The van der Waals surface area contributed by atoms with Gasteiger partial charge in [0.05, 0.1) is 19.2 Å². The molecule has 0 bridgehead atoms. The van der Waals surface area contributed by atoms with E-state index in [4.69, 9.17) is 14.5 Å². The maximum absolute atomic E-state index is 6.17. The average molecular weight is 412 g/mol. The van der Waals surface area contributed by atoms with E-state index in [1.807, 2.05) is 0 Å². The Labute approximate surface area is 181 Å². The third-order valence-corrected chi connectivity index (χ3v) is 6.71. The molecule has 1 fully saturated rings. The summed E-state index contributed by atoms with van der Waals surface area (Å²) in [7, 11) is 1.73. The lowest BCUT2D eigenvalue weighted by Crippen LogP contribution is -2.22. The molecule has 4 rings (SSSR count). The van der Waals surface area contributed by atoms with Crippen molar-refractivity contribution in [3.05, 3.63) is 23.4 Å². The van der Waals surface area contributed by atoms with Gasteiger partial charge < -0.3 is 19.7 Å². The van der Waals surface area contributed by atoms with Gasteiger partial charge in [0.15, 0.2) is 11.5 Å². The number of aromatic nitrogens is 1. The third-order valence-electron chi connectivity index (χ3n) is 6.71. The summed E-state index contributed by atoms with van der Waals surface area (Å²) in [5, 5.41) is 4.99. The first-order valence-corrected chi connectivity index (χ1v) is 11.9. The highest BCUT2D eigenvalue weighted by molar-refractivity contribution is 5.96. The zero-order valence-corrected chi connectivity index (χ0v) is 18.9. The van der Waals surface area contributed by atoms with Crippen molar-refractivity contribution in [2.24, 2.45) is 0 Å². The molecule has 1 aliphatic carbocycles. The molecule has 1 aromatic carbocycles. The fourth-order valence-electron chi connectivity index (χ4n) is 4.88. The van der Waals surface area contributed by atoms with Gasteiger partial charge in [0.25, 0.3) is 0 Å². The third kappa shape index (κ3) is 4.51. The van der Waals surface area contributed by atoms with Crippen LogP contribution in [0.25, 0.3) is 10.9 Å². The van der Waals surface area contributed by atoms with Crippen LogP contribution in [0, 0.1) is 0 Å². The van der Waals surface area contributed by atoms with E-state index in [9.17, 15) is 0 Å². The van der Waals surface area contributed by atoms with Gasteiger partial charge >= 0.3 is 0 Å². The summed E-state index contributed by atoms with van der Waals surface area (Å²) in [5.74, 6) is 1.61. The maximum atomic E-state index is 6.17. The van der Waals surface area contributed by atoms with E-state index in [1.54, 1.807) is 7.11 Å². The molecule has 1 aromatic heterocycles. The molecule has 0 spiro atoms. The normalized spacial score (nSPS) is 16.4. The van der Waals surface area contributed by atoms with E-state index in [0.717, 1.165) is 61.1 Å². The highest BCUT2D eigenvalue weighted by Crippen LogP contribution is 2.40. The van der Waals surface area contributed by atoms with Gasteiger partial charge in [-0.3, -0.25) is 4.98 Å². The summed E-state index contributed by atoms with van der Waals surface area (Å²) in [6.07, 6.45) is 9.31. The highest BCUT2D eigenvalue weighted by Gasteiger charge is 2.22. The molecule has 2 aliphatic rings. The second kappa shape index (κ2) is 9.86. The molecule has 0 saturated carbocycles. The van der Waals surface area contributed by atoms with Gasteiger partial charge in [-0.05, 0) is 76.1 Å². The van der Waals surface area contributed by atoms with Crippen LogP contribution in [0.3, 0.4) is 0 Å². The molecule has 1 N–H and O–H groups in total. The van der Waals surface area contributed by atoms with Crippen LogP contribution in [0.4, 0.5) is 5.69 Å².